The van der Waals surface area contributed by atoms with Crippen molar-refractivity contribution in [1.29, 1.82) is 0 Å². The van der Waals surface area contributed by atoms with Crippen LogP contribution in [0.1, 0.15) is 13.3 Å². The lowest BCUT2D eigenvalue weighted by atomic mass is 10.2. The van der Waals surface area contributed by atoms with Crippen LogP contribution in [-0.4, -0.2) is 43.7 Å². The fourth-order valence-electron chi connectivity index (χ4n) is 2.10. The summed E-state index contributed by atoms with van der Waals surface area (Å²) in [5, 5.41) is 4.11. The van der Waals surface area contributed by atoms with Gasteiger partial charge in [-0.05, 0) is 37.6 Å². The van der Waals surface area contributed by atoms with Gasteiger partial charge in [0.2, 0.25) is 0 Å². The molecule has 1 atom stereocenters. The topological polar surface area (TPSA) is 24.5 Å². The number of hydrogen-bond acceptors (Lipinski definition) is 3. The van der Waals surface area contributed by atoms with Crippen molar-refractivity contribution in [2.45, 2.75) is 19.4 Å². The zero-order valence-electron chi connectivity index (χ0n) is 10.9. The molecule has 1 fully saturated rings. The molecule has 1 aliphatic heterocycles. The van der Waals surface area contributed by atoms with E-state index in [2.05, 4.69) is 17.1 Å². The number of hydrogen-bond donors (Lipinski definition) is 1. The fraction of sp³-hybridized carbons (Fsp3) is 0.571. The molecule has 2 rings (SSSR count). The van der Waals surface area contributed by atoms with Crippen LogP contribution in [0, 0.1) is 0 Å². The quantitative estimate of drug-likeness (QED) is 0.888. The molecule has 0 saturated carbocycles. The molecule has 0 spiro atoms. The van der Waals surface area contributed by atoms with E-state index in [1.54, 1.807) is 0 Å². The first kappa shape index (κ1) is 13.7. The SMILES string of the molecule is CC(CCN1CCNCC1)Oc1ccc(Cl)cc1. The molecular formula is C14H21ClN2O. The van der Waals surface area contributed by atoms with E-state index >= 15 is 0 Å². The Labute approximate surface area is 114 Å². The molecule has 18 heavy (non-hydrogen) atoms. The summed E-state index contributed by atoms with van der Waals surface area (Å²) in [4.78, 5) is 2.48. The summed E-state index contributed by atoms with van der Waals surface area (Å²) in [6.45, 7) is 7.73. The number of nitrogens with zero attached hydrogens (tertiary/aromatic N) is 1. The molecule has 1 unspecified atom stereocenters. The van der Waals surface area contributed by atoms with Gasteiger partial charge in [0.1, 0.15) is 5.75 Å². The van der Waals surface area contributed by atoms with Gasteiger partial charge < -0.3 is 15.0 Å². The molecular weight excluding hydrogens is 248 g/mol. The lowest BCUT2D eigenvalue weighted by Gasteiger charge is -2.28. The molecule has 0 aromatic heterocycles. The van der Waals surface area contributed by atoms with Crippen molar-refractivity contribution in [3.05, 3.63) is 29.3 Å². The normalized spacial score (nSPS) is 18.6. The molecule has 0 bridgehead atoms. The van der Waals surface area contributed by atoms with Gasteiger partial charge in [-0.25, -0.2) is 0 Å². The smallest absolute Gasteiger partial charge is 0.119 e. The molecule has 4 heteroatoms. The molecule has 0 amide bonds. The second-order valence-electron chi connectivity index (χ2n) is 4.76. The molecule has 1 aromatic carbocycles. The Kier molecular flexibility index (Phi) is 5.29. The zero-order valence-corrected chi connectivity index (χ0v) is 11.6. The molecule has 100 valence electrons. The van der Waals surface area contributed by atoms with Crippen LogP contribution < -0.4 is 10.1 Å². The van der Waals surface area contributed by atoms with Crippen molar-refractivity contribution in [3.8, 4) is 5.75 Å². The number of ether oxygens (including phenoxy) is 1. The minimum atomic E-state index is 0.237. The van der Waals surface area contributed by atoms with Crippen LogP contribution in [0.15, 0.2) is 24.3 Å². The van der Waals surface area contributed by atoms with E-state index in [0.29, 0.717) is 0 Å². The highest BCUT2D eigenvalue weighted by Gasteiger charge is 2.11. The van der Waals surface area contributed by atoms with Crippen molar-refractivity contribution < 1.29 is 4.74 Å². The van der Waals surface area contributed by atoms with Gasteiger partial charge in [0.25, 0.3) is 0 Å². The number of piperazine rings is 1. The molecule has 3 nitrogen and oxygen atoms in total. The van der Waals surface area contributed by atoms with E-state index in [1.165, 1.54) is 0 Å². The Morgan fingerprint density at radius 1 is 1.28 bits per heavy atom. The number of rotatable bonds is 5. The molecule has 1 aliphatic rings. The summed E-state index contributed by atoms with van der Waals surface area (Å²) in [5.41, 5.74) is 0. The third kappa shape index (κ3) is 4.48. The predicted molar refractivity (Wildman–Crippen MR) is 75.5 cm³/mol. The van der Waals surface area contributed by atoms with Gasteiger partial charge in [0, 0.05) is 37.7 Å². The largest absolute Gasteiger partial charge is 0.491 e. The number of halogens is 1. The summed E-state index contributed by atoms with van der Waals surface area (Å²) in [6, 6.07) is 7.56. The molecule has 1 heterocycles. The first-order valence-corrected chi connectivity index (χ1v) is 6.97. The van der Waals surface area contributed by atoms with E-state index in [0.717, 1.165) is 49.9 Å². The van der Waals surface area contributed by atoms with Crippen molar-refractivity contribution >= 4 is 11.6 Å². The van der Waals surface area contributed by atoms with Gasteiger partial charge in [0.05, 0.1) is 6.10 Å². The fourth-order valence-corrected chi connectivity index (χ4v) is 2.23. The monoisotopic (exact) mass is 268 g/mol. The highest BCUT2D eigenvalue weighted by molar-refractivity contribution is 6.30. The lowest BCUT2D eigenvalue weighted by Crippen LogP contribution is -2.44. The predicted octanol–water partition coefficient (Wildman–Crippen LogP) is 2.40. The van der Waals surface area contributed by atoms with Crippen LogP contribution in [0.3, 0.4) is 0 Å². The first-order chi connectivity index (χ1) is 8.74. The maximum Gasteiger partial charge on any atom is 0.119 e. The standard InChI is InChI=1S/C14H21ClN2O/c1-12(6-9-17-10-7-16-8-11-17)18-14-4-2-13(15)3-5-14/h2-5,12,16H,6-11H2,1H3. The lowest BCUT2D eigenvalue weighted by molar-refractivity contribution is 0.167. The van der Waals surface area contributed by atoms with Gasteiger partial charge in [-0.3, -0.25) is 0 Å². The highest BCUT2D eigenvalue weighted by atomic mass is 35.5. The maximum atomic E-state index is 5.86. The van der Waals surface area contributed by atoms with Gasteiger partial charge in [-0.1, -0.05) is 11.6 Å². The van der Waals surface area contributed by atoms with Crippen molar-refractivity contribution in [3.63, 3.8) is 0 Å². The Morgan fingerprint density at radius 3 is 2.61 bits per heavy atom. The molecule has 0 aliphatic carbocycles. The van der Waals surface area contributed by atoms with Crippen LogP contribution in [-0.2, 0) is 0 Å². The summed E-state index contributed by atoms with van der Waals surface area (Å²) < 4.78 is 5.86. The second kappa shape index (κ2) is 6.98. The molecule has 1 saturated heterocycles. The first-order valence-electron chi connectivity index (χ1n) is 6.59. The van der Waals surface area contributed by atoms with E-state index in [9.17, 15) is 0 Å². The van der Waals surface area contributed by atoms with Crippen LogP contribution in [0.5, 0.6) is 5.75 Å². The van der Waals surface area contributed by atoms with E-state index in [1.807, 2.05) is 24.3 Å². The molecule has 1 aromatic rings. The molecule has 0 radical (unpaired) electrons. The van der Waals surface area contributed by atoms with Crippen LogP contribution >= 0.6 is 11.6 Å². The van der Waals surface area contributed by atoms with Crippen LogP contribution in [0.4, 0.5) is 0 Å². The number of benzene rings is 1. The Hall–Kier alpha value is -0.770. The third-order valence-electron chi connectivity index (χ3n) is 3.21. The van der Waals surface area contributed by atoms with Crippen LogP contribution in [0.2, 0.25) is 5.02 Å². The second-order valence-corrected chi connectivity index (χ2v) is 5.20. The summed E-state index contributed by atoms with van der Waals surface area (Å²) in [5.74, 6) is 0.896. The maximum absolute atomic E-state index is 5.86. The van der Waals surface area contributed by atoms with Crippen LogP contribution in [0.25, 0.3) is 0 Å². The minimum absolute atomic E-state index is 0.237. The van der Waals surface area contributed by atoms with Gasteiger partial charge in [0.15, 0.2) is 0 Å². The molecule has 1 N–H and O–H groups in total. The minimum Gasteiger partial charge on any atom is -0.491 e. The Morgan fingerprint density at radius 2 is 1.94 bits per heavy atom. The van der Waals surface area contributed by atoms with Gasteiger partial charge in [-0.2, -0.15) is 0 Å². The van der Waals surface area contributed by atoms with Gasteiger partial charge in [-0.15, -0.1) is 0 Å². The summed E-state index contributed by atoms with van der Waals surface area (Å²) in [6.07, 6.45) is 1.30. The average Bonchev–Trinajstić information content (AvgIpc) is 2.40. The van der Waals surface area contributed by atoms with E-state index < -0.39 is 0 Å². The Bertz CT molecular complexity index is 349. The van der Waals surface area contributed by atoms with Crippen molar-refractivity contribution in [1.82, 2.24) is 10.2 Å². The highest BCUT2D eigenvalue weighted by Crippen LogP contribution is 2.17. The average molecular weight is 269 g/mol. The summed E-state index contributed by atoms with van der Waals surface area (Å²) >= 11 is 5.84. The summed E-state index contributed by atoms with van der Waals surface area (Å²) in [7, 11) is 0. The van der Waals surface area contributed by atoms with Gasteiger partial charge >= 0.3 is 0 Å². The van der Waals surface area contributed by atoms with Crippen molar-refractivity contribution in [2.75, 3.05) is 32.7 Å². The van der Waals surface area contributed by atoms with Crippen molar-refractivity contribution in [2.24, 2.45) is 0 Å². The third-order valence-corrected chi connectivity index (χ3v) is 3.46. The van der Waals surface area contributed by atoms with E-state index in [-0.39, 0.29) is 6.10 Å². The van der Waals surface area contributed by atoms with E-state index in [4.69, 9.17) is 16.3 Å². The Balaban J connectivity index is 1.71. The number of nitrogens with one attached hydrogen (secondary N) is 1. The zero-order chi connectivity index (χ0) is 12.8.